The molecule has 102 valence electrons. The minimum absolute atomic E-state index is 0.683. The van der Waals surface area contributed by atoms with Crippen molar-refractivity contribution in [3.63, 3.8) is 0 Å². The molecule has 4 nitrogen and oxygen atoms in total. The molecule has 0 aliphatic carbocycles. The Hall–Kier alpha value is -1.60. The van der Waals surface area contributed by atoms with E-state index in [1.807, 2.05) is 19.1 Å². The van der Waals surface area contributed by atoms with Crippen LogP contribution in [0.3, 0.4) is 0 Å². The number of rotatable bonds is 3. The summed E-state index contributed by atoms with van der Waals surface area (Å²) in [6, 6.07) is 6.02. The SMILES string of the molecule is Cc1ccc(C#N)c(N2CCN(CC(C)C)CC2)n1. The summed E-state index contributed by atoms with van der Waals surface area (Å²) < 4.78 is 0. The van der Waals surface area contributed by atoms with E-state index in [1.54, 1.807) is 0 Å². The highest BCUT2D eigenvalue weighted by molar-refractivity contribution is 5.54. The monoisotopic (exact) mass is 258 g/mol. The molecule has 0 spiro atoms. The van der Waals surface area contributed by atoms with E-state index in [9.17, 15) is 5.26 Å². The molecule has 19 heavy (non-hydrogen) atoms. The summed E-state index contributed by atoms with van der Waals surface area (Å²) in [5.74, 6) is 1.56. The van der Waals surface area contributed by atoms with E-state index in [2.05, 4.69) is 34.7 Å². The van der Waals surface area contributed by atoms with Gasteiger partial charge in [0, 0.05) is 38.4 Å². The van der Waals surface area contributed by atoms with Crippen LogP contribution in [0.4, 0.5) is 5.82 Å². The Morgan fingerprint density at radius 2 is 1.95 bits per heavy atom. The van der Waals surface area contributed by atoms with Gasteiger partial charge in [0.2, 0.25) is 0 Å². The molecule has 0 N–H and O–H groups in total. The number of hydrogen-bond donors (Lipinski definition) is 0. The summed E-state index contributed by atoms with van der Waals surface area (Å²) in [4.78, 5) is 9.27. The van der Waals surface area contributed by atoms with E-state index in [0.29, 0.717) is 11.5 Å². The van der Waals surface area contributed by atoms with Crippen LogP contribution in [0.15, 0.2) is 12.1 Å². The highest BCUT2D eigenvalue weighted by Gasteiger charge is 2.20. The molecule has 1 saturated heterocycles. The van der Waals surface area contributed by atoms with Crippen LogP contribution >= 0.6 is 0 Å². The molecule has 2 rings (SSSR count). The average Bonchev–Trinajstić information content (AvgIpc) is 2.39. The van der Waals surface area contributed by atoms with Crippen LogP contribution in [-0.2, 0) is 0 Å². The van der Waals surface area contributed by atoms with Crippen molar-refractivity contribution in [2.75, 3.05) is 37.6 Å². The number of pyridine rings is 1. The Morgan fingerprint density at radius 1 is 1.26 bits per heavy atom. The molecule has 1 aliphatic heterocycles. The van der Waals surface area contributed by atoms with Crippen LogP contribution < -0.4 is 4.90 Å². The van der Waals surface area contributed by atoms with Crippen molar-refractivity contribution in [2.45, 2.75) is 20.8 Å². The quantitative estimate of drug-likeness (QED) is 0.832. The number of piperazine rings is 1. The van der Waals surface area contributed by atoms with Crippen molar-refractivity contribution < 1.29 is 0 Å². The lowest BCUT2D eigenvalue weighted by Gasteiger charge is -2.36. The number of aryl methyl sites for hydroxylation is 1. The first kappa shape index (κ1) is 13.8. The third-order valence-electron chi connectivity index (χ3n) is 3.43. The Labute approximate surface area is 115 Å². The minimum Gasteiger partial charge on any atom is -0.353 e. The zero-order valence-corrected chi connectivity index (χ0v) is 12.1. The number of aromatic nitrogens is 1. The fourth-order valence-corrected chi connectivity index (χ4v) is 2.53. The maximum Gasteiger partial charge on any atom is 0.146 e. The van der Waals surface area contributed by atoms with Gasteiger partial charge in [-0.15, -0.1) is 0 Å². The highest BCUT2D eigenvalue weighted by Crippen LogP contribution is 2.19. The molecule has 0 atom stereocenters. The van der Waals surface area contributed by atoms with Gasteiger partial charge in [0.1, 0.15) is 11.9 Å². The fourth-order valence-electron chi connectivity index (χ4n) is 2.53. The smallest absolute Gasteiger partial charge is 0.146 e. The van der Waals surface area contributed by atoms with E-state index in [-0.39, 0.29) is 0 Å². The van der Waals surface area contributed by atoms with E-state index in [4.69, 9.17) is 0 Å². The van der Waals surface area contributed by atoms with Crippen LogP contribution in [0.5, 0.6) is 0 Å². The lowest BCUT2D eigenvalue weighted by Crippen LogP contribution is -2.48. The zero-order valence-electron chi connectivity index (χ0n) is 12.1. The van der Waals surface area contributed by atoms with Crippen molar-refractivity contribution in [1.29, 1.82) is 5.26 Å². The third kappa shape index (κ3) is 3.45. The largest absolute Gasteiger partial charge is 0.353 e. The van der Waals surface area contributed by atoms with Gasteiger partial charge in [0.15, 0.2) is 0 Å². The van der Waals surface area contributed by atoms with Crippen molar-refractivity contribution in [3.05, 3.63) is 23.4 Å². The second-order valence-electron chi connectivity index (χ2n) is 5.62. The summed E-state index contributed by atoms with van der Waals surface area (Å²) in [5.41, 5.74) is 1.65. The van der Waals surface area contributed by atoms with Crippen molar-refractivity contribution in [2.24, 2.45) is 5.92 Å². The molecule has 4 heteroatoms. The van der Waals surface area contributed by atoms with Gasteiger partial charge in [0.25, 0.3) is 0 Å². The molecule has 1 aromatic heterocycles. The maximum atomic E-state index is 9.18. The van der Waals surface area contributed by atoms with E-state index in [1.165, 1.54) is 0 Å². The first-order chi connectivity index (χ1) is 9.10. The predicted octanol–water partition coefficient (Wildman–Crippen LogP) is 2.04. The molecule has 0 radical (unpaired) electrons. The minimum atomic E-state index is 0.683. The molecular formula is C15H22N4. The summed E-state index contributed by atoms with van der Waals surface area (Å²) in [5, 5.41) is 9.18. The Morgan fingerprint density at radius 3 is 2.53 bits per heavy atom. The summed E-state index contributed by atoms with van der Waals surface area (Å²) in [7, 11) is 0. The number of nitriles is 1. The molecule has 1 fully saturated rings. The zero-order chi connectivity index (χ0) is 13.8. The van der Waals surface area contributed by atoms with E-state index in [0.717, 1.165) is 44.2 Å². The molecule has 1 aliphatic rings. The van der Waals surface area contributed by atoms with Crippen molar-refractivity contribution >= 4 is 5.82 Å². The molecule has 0 aromatic carbocycles. The first-order valence-electron chi connectivity index (χ1n) is 6.95. The molecule has 0 amide bonds. The molecule has 0 unspecified atom stereocenters. The fraction of sp³-hybridized carbons (Fsp3) is 0.600. The van der Waals surface area contributed by atoms with Crippen LogP contribution in [0.2, 0.25) is 0 Å². The standard InChI is InChI=1S/C15H22N4/c1-12(2)11-18-6-8-19(9-7-18)15-14(10-16)5-4-13(3)17-15/h4-5,12H,6-9,11H2,1-3H3. The van der Waals surface area contributed by atoms with Crippen LogP contribution in [-0.4, -0.2) is 42.6 Å². The molecule has 1 aromatic rings. The number of hydrogen-bond acceptors (Lipinski definition) is 4. The van der Waals surface area contributed by atoms with Gasteiger partial charge < -0.3 is 4.90 Å². The van der Waals surface area contributed by atoms with Crippen LogP contribution in [0.25, 0.3) is 0 Å². The number of nitrogens with zero attached hydrogens (tertiary/aromatic N) is 4. The second kappa shape index (κ2) is 6.03. The summed E-state index contributed by atoms with van der Waals surface area (Å²) >= 11 is 0. The Balaban J connectivity index is 2.05. The third-order valence-corrected chi connectivity index (χ3v) is 3.43. The first-order valence-corrected chi connectivity index (χ1v) is 6.95. The number of anilines is 1. The van der Waals surface area contributed by atoms with Gasteiger partial charge >= 0.3 is 0 Å². The molecular weight excluding hydrogens is 236 g/mol. The highest BCUT2D eigenvalue weighted by atomic mass is 15.3. The van der Waals surface area contributed by atoms with E-state index < -0.39 is 0 Å². The molecule has 0 saturated carbocycles. The van der Waals surface area contributed by atoms with E-state index >= 15 is 0 Å². The van der Waals surface area contributed by atoms with Crippen LogP contribution in [0.1, 0.15) is 25.1 Å². The van der Waals surface area contributed by atoms with Crippen molar-refractivity contribution in [3.8, 4) is 6.07 Å². The lowest BCUT2D eigenvalue weighted by atomic mass is 10.1. The van der Waals surface area contributed by atoms with Gasteiger partial charge in [-0.3, -0.25) is 4.90 Å². The van der Waals surface area contributed by atoms with Crippen molar-refractivity contribution in [1.82, 2.24) is 9.88 Å². The van der Waals surface area contributed by atoms with Gasteiger partial charge in [-0.1, -0.05) is 13.8 Å². The Bertz CT molecular complexity index is 468. The normalized spacial score (nSPS) is 16.7. The lowest BCUT2D eigenvalue weighted by molar-refractivity contribution is 0.231. The van der Waals surface area contributed by atoms with Gasteiger partial charge in [-0.05, 0) is 25.0 Å². The van der Waals surface area contributed by atoms with Crippen LogP contribution in [0, 0.1) is 24.2 Å². The molecule has 2 heterocycles. The van der Waals surface area contributed by atoms with Gasteiger partial charge in [-0.25, -0.2) is 4.98 Å². The average molecular weight is 258 g/mol. The maximum absolute atomic E-state index is 9.18. The second-order valence-corrected chi connectivity index (χ2v) is 5.62. The Kier molecular flexibility index (Phi) is 4.39. The van der Waals surface area contributed by atoms with Gasteiger partial charge in [-0.2, -0.15) is 5.26 Å². The topological polar surface area (TPSA) is 43.2 Å². The summed E-state index contributed by atoms with van der Waals surface area (Å²) in [6.45, 7) is 11.7. The summed E-state index contributed by atoms with van der Waals surface area (Å²) in [6.07, 6.45) is 0. The predicted molar refractivity (Wildman–Crippen MR) is 77.2 cm³/mol. The molecule has 0 bridgehead atoms. The van der Waals surface area contributed by atoms with Gasteiger partial charge in [0.05, 0.1) is 5.56 Å².